The van der Waals surface area contributed by atoms with Crippen molar-refractivity contribution in [3.8, 4) is 35.2 Å². The van der Waals surface area contributed by atoms with Crippen LogP contribution in [0.25, 0.3) is 10.8 Å². The number of phenols is 2. The molecular formula is C24H28O2. The lowest BCUT2D eigenvalue weighted by Crippen LogP contribution is -1.91. The van der Waals surface area contributed by atoms with Crippen molar-refractivity contribution < 1.29 is 10.2 Å². The molecule has 0 aromatic heterocycles. The van der Waals surface area contributed by atoms with Crippen molar-refractivity contribution in [1.82, 2.24) is 0 Å². The Balaban J connectivity index is 2.54. The summed E-state index contributed by atoms with van der Waals surface area (Å²) in [7, 11) is 0. The van der Waals surface area contributed by atoms with Crippen LogP contribution in [0.3, 0.4) is 0 Å². The van der Waals surface area contributed by atoms with Crippen LogP contribution in [0.2, 0.25) is 0 Å². The predicted octanol–water partition coefficient (Wildman–Crippen LogP) is 5.95. The average Bonchev–Trinajstić information content (AvgIpc) is 2.64. The smallest absolute Gasteiger partial charge is 0.134 e. The van der Waals surface area contributed by atoms with E-state index in [9.17, 15) is 10.2 Å². The van der Waals surface area contributed by atoms with Crippen LogP contribution in [0.1, 0.15) is 74.6 Å². The molecule has 0 saturated heterocycles. The van der Waals surface area contributed by atoms with Crippen molar-refractivity contribution in [2.24, 2.45) is 0 Å². The number of hydrogen-bond acceptors (Lipinski definition) is 2. The van der Waals surface area contributed by atoms with Crippen molar-refractivity contribution >= 4 is 10.8 Å². The predicted molar refractivity (Wildman–Crippen MR) is 110 cm³/mol. The van der Waals surface area contributed by atoms with Gasteiger partial charge in [0, 0.05) is 12.8 Å². The lowest BCUT2D eigenvalue weighted by Gasteiger charge is -2.12. The van der Waals surface area contributed by atoms with E-state index in [1.807, 2.05) is 26.0 Å². The summed E-state index contributed by atoms with van der Waals surface area (Å²) in [5.41, 5.74) is 2.80. The number of phenolic OH excluding ortho intramolecular Hbond substituents is 2. The highest BCUT2D eigenvalue weighted by Crippen LogP contribution is 2.37. The number of aromatic hydroxyl groups is 2. The summed E-state index contributed by atoms with van der Waals surface area (Å²) in [4.78, 5) is 0. The number of hydrogen-bond donors (Lipinski definition) is 2. The molecule has 0 heterocycles. The van der Waals surface area contributed by atoms with Crippen molar-refractivity contribution in [3.63, 3.8) is 0 Å². The van der Waals surface area contributed by atoms with E-state index in [0.29, 0.717) is 11.1 Å². The fraction of sp³-hybridized carbons (Fsp3) is 0.417. The van der Waals surface area contributed by atoms with Crippen molar-refractivity contribution in [2.75, 3.05) is 0 Å². The van der Waals surface area contributed by atoms with Crippen LogP contribution < -0.4 is 0 Å². The molecule has 2 nitrogen and oxygen atoms in total. The molecule has 0 bridgehead atoms. The third kappa shape index (κ3) is 4.33. The van der Waals surface area contributed by atoms with Gasteiger partial charge in [-0.15, -0.1) is 0 Å². The van der Waals surface area contributed by atoms with E-state index in [1.54, 1.807) is 0 Å². The van der Waals surface area contributed by atoms with E-state index in [4.69, 9.17) is 0 Å². The summed E-state index contributed by atoms with van der Waals surface area (Å²) in [6, 6.07) is 3.75. The molecule has 0 aliphatic rings. The molecule has 0 aliphatic carbocycles. The molecule has 0 radical (unpaired) electrons. The number of benzene rings is 2. The first-order valence-corrected chi connectivity index (χ1v) is 9.47. The van der Waals surface area contributed by atoms with E-state index in [0.717, 1.165) is 60.4 Å². The zero-order valence-electron chi connectivity index (χ0n) is 16.3. The second-order valence-corrected chi connectivity index (χ2v) is 6.70. The highest BCUT2D eigenvalue weighted by atomic mass is 16.3. The second-order valence-electron chi connectivity index (χ2n) is 6.70. The Hall–Kier alpha value is -2.58. The van der Waals surface area contributed by atoms with Gasteiger partial charge < -0.3 is 10.2 Å². The van der Waals surface area contributed by atoms with Crippen molar-refractivity contribution in [3.05, 3.63) is 34.4 Å². The van der Waals surface area contributed by atoms with Crippen LogP contribution in [-0.2, 0) is 0 Å². The van der Waals surface area contributed by atoms with Gasteiger partial charge in [-0.05, 0) is 60.7 Å². The quantitative estimate of drug-likeness (QED) is 0.529. The molecule has 0 amide bonds. The van der Waals surface area contributed by atoms with E-state index in [2.05, 4.69) is 37.5 Å². The summed E-state index contributed by atoms with van der Waals surface area (Å²) < 4.78 is 0. The molecule has 0 fully saturated rings. The highest BCUT2D eigenvalue weighted by Gasteiger charge is 2.14. The van der Waals surface area contributed by atoms with E-state index in [1.165, 1.54) is 0 Å². The second kappa shape index (κ2) is 9.21. The first kappa shape index (κ1) is 19.7. The lowest BCUT2D eigenvalue weighted by atomic mass is 9.94. The third-order valence-corrected chi connectivity index (χ3v) is 4.65. The van der Waals surface area contributed by atoms with Gasteiger partial charge in [-0.25, -0.2) is 0 Å². The summed E-state index contributed by atoms with van der Waals surface area (Å²) in [6.45, 7) is 8.04. The zero-order valence-corrected chi connectivity index (χ0v) is 16.3. The molecule has 2 heteroatoms. The maximum Gasteiger partial charge on any atom is 0.134 e. The van der Waals surface area contributed by atoms with Crippen molar-refractivity contribution in [2.45, 2.75) is 66.2 Å². The summed E-state index contributed by atoms with van der Waals surface area (Å²) in [6.07, 6.45) is 5.96. The normalized spacial score (nSPS) is 10.2. The van der Waals surface area contributed by atoms with Gasteiger partial charge in [0.2, 0.25) is 0 Å². The summed E-state index contributed by atoms with van der Waals surface area (Å²) in [5, 5.41) is 22.9. The molecule has 26 heavy (non-hydrogen) atoms. The fourth-order valence-corrected chi connectivity index (χ4v) is 2.90. The van der Waals surface area contributed by atoms with Gasteiger partial charge in [-0.3, -0.25) is 0 Å². The van der Waals surface area contributed by atoms with Gasteiger partial charge in [0.05, 0.1) is 11.1 Å². The summed E-state index contributed by atoms with van der Waals surface area (Å²) in [5.74, 6) is 12.9. The lowest BCUT2D eigenvalue weighted by molar-refractivity contribution is 0.468. The fourth-order valence-electron chi connectivity index (χ4n) is 2.90. The Morgan fingerprint density at radius 1 is 0.731 bits per heavy atom. The number of unbranched alkanes of at least 4 members (excludes halogenated alkanes) is 4. The van der Waals surface area contributed by atoms with Crippen LogP contribution in [-0.4, -0.2) is 10.2 Å². The molecule has 0 atom stereocenters. The van der Waals surface area contributed by atoms with E-state index < -0.39 is 0 Å². The van der Waals surface area contributed by atoms with Crippen LogP contribution in [0.5, 0.6) is 11.5 Å². The van der Waals surface area contributed by atoms with E-state index >= 15 is 0 Å². The number of aryl methyl sites for hydroxylation is 2. The van der Waals surface area contributed by atoms with Crippen LogP contribution in [0, 0.1) is 37.5 Å². The first-order chi connectivity index (χ1) is 12.5. The highest BCUT2D eigenvalue weighted by molar-refractivity contribution is 5.95. The molecule has 0 spiro atoms. The Labute approximate surface area is 157 Å². The Morgan fingerprint density at radius 3 is 1.46 bits per heavy atom. The van der Waals surface area contributed by atoms with Crippen LogP contribution >= 0.6 is 0 Å². The number of fused-ring (bicyclic) bond motifs is 1. The molecule has 2 aromatic carbocycles. The molecular weight excluding hydrogens is 320 g/mol. The van der Waals surface area contributed by atoms with Gasteiger partial charge in [0.15, 0.2) is 0 Å². The minimum absolute atomic E-state index is 0.219. The molecule has 2 N–H and O–H groups in total. The van der Waals surface area contributed by atoms with Gasteiger partial charge >= 0.3 is 0 Å². The SMILES string of the molecule is CCCCC#Cc1cc2c(C)c(O)c(C#CCCCC)cc2c(C)c1O. The summed E-state index contributed by atoms with van der Waals surface area (Å²) >= 11 is 0. The van der Waals surface area contributed by atoms with Gasteiger partial charge in [-0.1, -0.05) is 50.4 Å². The van der Waals surface area contributed by atoms with E-state index in [-0.39, 0.29) is 11.5 Å². The zero-order chi connectivity index (χ0) is 19.1. The first-order valence-electron chi connectivity index (χ1n) is 9.47. The molecule has 136 valence electrons. The Bertz CT molecular complexity index is 838. The van der Waals surface area contributed by atoms with Gasteiger partial charge in [0.25, 0.3) is 0 Å². The topological polar surface area (TPSA) is 40.5 Å². The Kier molecular flexibility index (Phi) is 6.99. The maximum absolute atomic E-state index is 10.5. The van der Waals surface area contributed by atoms with Crippen LogP contribution in [0.4, 0.5) is 0 Å². The number of rotatable bonds is 4. The molecule has 0 aliphatic heterocycles. The Morgan fingerprint density at radius 2 is 1.12 bits per heavy atom. The minimum atomic E-state index is 0.219. The molecule has 0 saturated carbocycles. The molecule has 2 rings (SSSR count). The van der Waals surface area contributed by atoms with Gasteiger partial charge in [0.1, 0.15) is 11.5 Å². The average molecular weight is 348 g/mol. The largest absolute Gasteiger partial charge is 0.506 e. The van der Waals surface area contributed by atoms with Crippen molar-refractivity contribution in [1.29, 1.82) is 0 Å². The third-order valence-electron chi connectivity index (χ3n) is 4.65. The molecule has 0 unspecified atom stereocenters. The maximum atomic E-state index is 10.5. The molecule has 2 aromatic rings. The monoisotopic (exact) mass is 348 g/mol. The van der Waals surface area contributed by atoms with Crippen LogP contribution in [0.15, 0.2) is 12.1 Å². The minimum Gasteiger partial charge on any atom is -0.506 e. The van der Waals surface area contributed by atoms with Gasteiger partial charge in [-0.2, -0.15) is 0 Å². The standard InChI is InChI=1S/C24H28O2/c1-5-7-9-11-13-19-15-21-18(4)24(26)20(14-12-10-8-6-2)16-22(21)17(3)23(19)25/h15-16,25-26H,5-10H2,1-4H3.